The number of carbonyl (C=O) groups excluding carboxylic acids is 1. The van der Waals surface area contributed by atoms with Gasteiger partial charge in [0.05, 0.1) is 35.8 Å². The zero-order chi connectivity index (χ0) is 27.2. The number of benzene rings is 2. The zero-order valence-electron chi connectivity index (χ0n) is 18.8. The van der Waals surface area contributed by atoms with Gasteiger partial charge in [0.2, 0.25) is 0 Å². The van der Waals surface area contributed by atoms with Crippen molar-refractivity contribution < 1.29 is 22.2 Å². The number of carbonyl (C=O) groups is 1. The number of hydrogen-bond donors (Lipinski definition) is 2. The number of amides is 2. The van der Waals surface area contributed by atoms with Gasteiger partial charge in [-0.25, -0.2) is 14.0 Å². The standard InChI is InChI=1S/C20H13Cl2F3N4O3S2.C2H6/c1-10(21)33-11(2)34(32)28-19(31)27-13-4-6-17(15(22)8-13)29-9-26-16-5-3-12(20(23,24)25)7-14(16)18(29)30;1-2/h3-9H,1-2H2,(H2,27,28,31);1-2H3. The van der Waals surface area contributed by atoms with Crippen LogP contribution in [0.1, 0.15) is 19.4 Å². The van der Waals surface area contributed by atoms with Gasteiger partial charge in [-0.2, -0.15) is 13.2 Å². The Bertz CT molecular complexity index is 1410. The maximum atomic E-state index is 13.0. The highest BCUT2D eigenvalue weighted by molar-refractivity contribution is 8.19. The summed E-state index contributed by atoms with van der Waals surface area (Å²) in [6.45, 7) is 10.9. The molecule has 36 heavy (non-hydrogen) atoms. The lowest BCUT2D eigenvalue weighted by Gasteiger charge is -2.12. The Kier molecular flexibility index (Phi) is 10.2. The fourth-order valence-electron chi connectivity index (χ4n) is 2.71. The third-order valence-electron chi connectivity index (χ3n) is 4.17. The summed E-state index contributed by atoms with van der Waals surface area (Å²) in [7, 11) is -1.96. The van der Waals surface area contributed by atoms with Crippen molar-refractivity contribution in [2.75, 3.05) is 5.32 Å². The zero-order valence-corrected chi connectivity index (χ0v) is 21.9. The molecule has 0 saturated heterocycles. The second-order valence-corrected chi connectivity index (χ2v) is 10.2. The van der Waals surface area contributed by atoms with Crippen molar-refractivity contribution in [2.45, 2.75) is 20.0 Å². The van der Waals surface area contributed by atoms with Crippen molar-refractivity contribution in [1.29, 1.82) is 0 Å². The molecular weight excluding hydrogens is 560 g/mol. The Morgan fingerprint density at radius 3 is 2.42 bits per heavy atom. The SMILES string of the molecule is C=C(Cl)SC(=C)S(=O)NC(=O)Nc1ccc(-n2cnc3ccc(C(F)(F)F)cc3c2=O)c(Cl)c1.CC. The monoisotopic (exact) mass is 578 g/mol. The molecule has 1 heterocycles. The fraction of sp³-hybridized carbons (Fsp3) is 0.136. The van der Waals surface area contributed by atoms with Crippen LogP contribution in [0.3, 0.4) is 0 Å². The van der Waals surface area contributed by atoms with Crippen LogP contribution in [0.5, 0.6) is 0 Å². The van der Waals surface area contributed by atoms with Crippen LogP contribution in [0.15, 0.2) is 69.3 Å². The van der Waals surface area contributed by atoms with Crippen molar-refractivity contribution in [2.24, 2.45) is 0 Å². The first-order chi connectivity index (χ1) is 16.9. The molecule has 0 saturated carbocycles. The van der Waals surface area contributed by atoms with Gasteiger partial charge in [-0.05, 0) is 36.4 Å². The summed E-state index contributed by atoms with van der Waals surface area (Å²) in [4.78, 5) is 28.9. The third-order valence-corrected chi connectivity index (χ3v) is 6.64. The molecule has 192 valence electrons. The van der Waals surface area contributed by atoms with E-state index in [0.29, 0.717) is 0 Å². The molecule has 2 amide bonds. The highest BCUT2D eigenvalue weighted by atomic mass is 35.5. The summed E-state index contributed by atoms with van der Waals surface area (Å²) in [6.07, 6.45) is -3.49. The number of thioether (sulfide) groups is 1. The summed E-state index contributed by atoms with van der Waals surface area (Å²) in [5.74, 6) is 0. The smallest absolute Gasteiger partial charge is 0.307 e. The number of anilines is 1. The van der Waals surface area contributed by atoms with E-state index in [1.807, 2.05) is 13.8 Å². The van der Waals surface area contributed by atoms with Crippen LogP contribution >= 0.6 is 35.0 Å². The number of alkyl halides is 3. The van der Waals surface area contributed by atoms with Crippen LogP contribution in [-0.2, 0) is 17.2 Å². The molecule has 1 atom stereocenters. The molecule has 0 spiro atoms. The molecule has 14 heteroatoms. The van der Waals surface area contributed by atoms with Crippen molar-refractivity contribution in [3.05, 3.63) is 85.4 Å². The summed E-state index contributed by atoms with van der Waals surface area (Å²) >= 11 is 12.7. The molecule has 0 aliphatic rings. The number of nitrogens with zero attached hydrogens (tertiary/aromatic N) is 2. The van der Waals surface area contributed by atoms with Crippen molar-refractivity contribution in [3.8, 4) is 5.69 Å². The van der Waals surface area contributed by atoms with Crippen LogP contribution in [0.25, 0.3) is 16.6 Å². The molecular formula is C22H19Cl2F3N4O3S2. The third kappa shape index (κ3) is 7.36. The molecule has 1 unspecified atom stereocenters. The van der Waals surface area contributed by atoms with E-state index in [1.54, 1.807) is 0 Å². The minimum absolute atomic E-state index is 0.00690. The van der Waals surface area contributed by atoms with Gasteiger partial charge in [0.25, 0.3) is 5.56 Å². The molecule has 0 aliphatic carbocycles. The van der Waals surface area contributed by atoms with E-state index in [1.165, 1.54) is 18.2 Å². The Hall–Kier alpha value is -2.80. The topological polar surface area (TPSA) is 93.1 Å². The maximum Gasteiger partial charge on any atom is 0.416 e. The van der Waals surface area contributed by atoms with Gasteiger partial charge in [0, 0.05) is 5.69 Å². The number of rotatable bonds is 6. The average molecular weight is 579 g/mol. The molecule has 1 aromatic heterocycles. The molecule has 3 aromatic rings. The Labute approximate surface area is 221 Å². The predicted octanol–water partition coefficient (Wildman–Crippen LogP) is 6.78. The van der Waals surface area contributed by atoms with E-state index in [9.17, 15) is 27.0 Å². The number of halogens is 5. The summed E-state index contributed by atoms with van der Waals surface area (Å²) in [6, 6.07) is 5.88. The Balaban J connectivity index is 0.00000222. The van der Waals surface area contributed by atoms with Crippen LogP contribution in [-0.4, -0.2) is 19.8 Å². The quantitative estimate of drug-likeness (QED) is 0.336. The van der Waals surface area contributed by atoms with Crippen LogP contribution < -0.4 is 15.6 Å². The predicted molar refractivity (Wildman–Crippen MR) is 141 cm³/mol. The second kappa shape index (κ2) is 12.4. The molecule has 0 radical (unpaired) electrons. The van der Waals surface area contributed by atoms with E-state index in [0.717, 1.165) is 40.9 Å². The van der Waals surface area contributed by atoms with Crippen LogP contribution in [0.2, 0.25) is 5.02 Å². The molecule has 7 nitrogen and oxygen atoms in total. The van der Waals surface area contributed by atoms with Gasteiger partial charge in [-0.3, -0.25) is 14.1 Å². The number of fused-ring (bicyclic) bond motifs is 1. The van der Waals surface area contributed by atoms with Gasteiger partial charge in [0.1, 0.15) is 6.33 Å². The Morgan fingerprint density at radius 2 is 1.83 bits per heavy atom. The lowest BCUT2D eigenvalue weighted by Crippen LogP contribution is -2.30. The lowest BCUT2D eigenvalue weighted by atomic mass is 10.1. The molecule has 0 fully saturated rings. The Morgan fingerprint density at radius 1 is 1.17 bits per heavy atom. The van der Waals surface area contributed by atoms with Gasteiger partial charge in [0.15, 0.2) is 11.0 Å². The van der Waals surface area contributed by atoms with E-state index < -0.39 is 34.3 Å². The van der Waals surface area contributed by atoms with Gasteiger partial charge < -0.3 is 5.32 Å². The number of hydrogen-bond acceptors (Lipinski definition) is 5. The number of urea groups is 1. The molecule has 2 N–H and O–H groups in total. The maximum absolute atomic E-state index is 13.0. The van der Waals surface area contributed by atoms with Crippen LogP contribution in [0, 0.1) is 0 Å². The minimum atomic E-state index is -4.63. The van der Waals surface area contributed by atoms with Gasteiger partial charge >= 0.3 is 12.2 Å². The number of nitrogens with one attached hydrogen (secondary N) is 2. The lowest BCUT2D eigenvalue weighted by molar-refractivity contribution is -0.137. The van der Waals surface area contributed by atoms with Crippen molar-refractivity contribution in [1.82, 2.24) is 14.3 Å². The van der Waals surface area contributed by atoms with Crippen molar-refractivity contribution >= 4 is 68.6 Å². The van der Waals surface area contributed by atoms with Crippen molar-refractivity contribution in [3.63, 3.8) is 0 Å². The summed E-state index contributed by atoms with van der Waals surface area (Å²) in [5.41, 5.74) is -1.35. The van der Waals surface area contributed by atoms with Gasteiger partial charge in [-0.15, -0.1) is 0 Å². The van der Waals surface area contributed by atoms with E-state index in [-0.39, 0.29) is 35.9 Å². The first-order valence-corrected chi connectivity index (χ1v) is 12.7. The van der Waals surface area contributed by atoms with E-state index in [4.69, 9.17) is 23.2 Å². The molecule has 0 bridgehead atoms. The highest BCUT2D eigenvalue weighted by Crippen LogP contribution is 2.31. The summed E-state index contributed by atoms with van der Waals surface area (Å²) < 4.78 is 54.4. The van der Waals surface area contributed by atoms with Gasteiger partial charge in [-0.1, -0.05) is 62.0 Å². The number of aromatic nitrogens is 2. The first-order valence-electron chi connectivity index (χ1n) is 9.96. The average Bonchev–Trinajstić information content (AvgIpc) is 2.80. The normalized spacial score (nSPS) is 11.8. The fourth-order valence-corrected chi connectivity index (χ4v) is 4.71. The van der Waals surface area contributed by atoms with E-state index in [2.05, 4.69) is 28.2 Å². The molecule has 3 rings (SSSR count). The minimum Gasteiger partial charge on any atom is -0.307 e. The molecule has 2 aromatic carbocycles. The summed E-state index contributed by atoms with van der Waals surface area (Å²) in [5, 5.41) is 2.16. The highest BCUT2D eigenvalue weighted by Gasteiger charge is 2.31. The largest absolute Gasteiger partial charge is 0.416 e. The molecule has 0 aliphatic heterocycles. The van der Waals surface area contributed by atoms with Crippen LogP contribution in [0.4, 0.5) is 23.7 Å². The second-order valence-electron chi connectivity index (χ2n) is 6.47. The first kappa shape index (κ1) is 29.4. The van der Waals surface area contributed by atoms with E-state index >= 15 is 0 Å².